The largest absolute Gasteiger partial charge is 0.463 e. The molecule has 16 heavy (non-hydrogen) atoms. The smallest absolute Gasteiger partial charge is 0.311 e. The van der Waals surface area contributed by atoms with Crippen LogP contribution in [0.1, 0.15) is 27.7 Å². The molecule has 0 radical (unpaired) electrons. The van der Waals surface area contributed by atoms with E-state index in [-0.39, 0.29) is 18.5 Å². The van der Waals surface area contributed by atoms with Crippen molar-refractivity contribution in [3.63, 3.8) is 0 Å². The number of carbonyl (C=O) groups excluding carboxylic acids is 2. The second kappa shape index (κ2) is 6.30. The number of hydrogen-bond acceptors (Lipinski definition) is 3. The Morgan fingerprint density at radius 3 is 2.31 bits per heavy atom. The molecule has 0 spiro atoms. The van der Waals surface area contributed by atoms with Gasteiger partial charge in [-0.2, -0.15) is 0 Å². The number of carbonyl (C=O) groups is 2. The summed E-state index contributed by atoms with van der Waals surface area (Å²) >= 11 is 0. The monoisotopic (exact) mass is 227 g/mol. The summed E-state index contributed by atoms with van der Waals surface area (Å²) in [5, 5.41) is 0. The zero-order valence-electron chi connectivity index (χ0n) is 10.6. The molecule has 0 aromatic rings. The molecule has 0 unspecified atom stereocenters. The maximum absolute atomic E-state index is 11.4. The van der Waals surface area contributed by atoms with Crippen LogP contribution < -0.4 is 0 Å². The van der Waals surface area contributed by atoms with Gasteiger partial charge < -0.3 is 9.64 Å². The van der Waals surface area contributed by atoms with E-state index in [9.17, 15) is 9.59 Å². The van der Waals surface area contributed by atoms with E-state index in [2.05, 4.69) is 6.58 Å². The van der Waals surface area contributed by atoms with Crippen LogP contribution in [0.2, 0.25) is 0 Å². The number of esters is 1. The number of ether oxygens (including phenoxy) is 1. The fourth-order valence-corrected chi connectivity index (χ4v) is 1.02. The molecule has 0 fully saturated rings. The Balaban J connectivity index is 4.02. The van der Waals surface area contributed by atoms with Crippen molar-refractivity contribution < 1.29 is 14.3 Å². The van der Waals surface area contributed by atoms with Gasteiger partial charge in [-0.1, -0.05) is 6.58 Å². The predicted octanol–water partition coefficient (Wildman–Crippen LogP) is 1.61. The third-order valence-corrected chi connectivity index (χ3v) is 2.07. The van der Waals surface area contributed by atoms with E-state index in [0.29, 0.717) is 13.1 Å². The highest BCUT2D eigenvalue weighted by Crippen LogP contribution is 2.14. The fourth-order valence-electron chi connectivity index (χ4n) is 1.02. The molecule has 4 heteroatoms. The molecular formula is C12H21NO3. The first kappa shape index (κ1) is 14.7. The molecule has 0 aliphatic rings. The summed E-state index contributed by atoms with van der Waals surface area (Å²) in [6.07, 6.45) is 1.26. The second-order valence-electron chi connectivity index (χ2n) is 4.51. The van der Waals surface area contributed by atoms with Crippen LogP contribution in [-0.2, 0) is 14.3 Å². The van der Waals surface area contributed by atoms with Gasteiger partial charge in [0, 0.05) is 6.54 Å². The summed E-state index contributed by atoms with van der Waals surface area (Å²) in [5.74, 6) is -0.399. The lowest BCUT2D eigenvalue weighted by atomic mass is 9.97. The van der Waals surface area contributed by atoms with Crippen molar-refractivity contribution >= 4 is 11.9 Å². The van der Waals surface area contributed by atoms with Crippen molar-refractivity contribution in [3.05, 3.63) is 12.7 Å². The Bertz CT molecular complexity index is 266. The lowest BCUT2D eigenvalue weighted by molar-refractivity contribution is -0.154. The molecule has 0 heterocycles. The Morgan fingerprint density at radius 2 is 1.94 bits per heavy atom. The van der Waals surface area contributed by atoms with Crippen molar-refractivity contribution in [2.75, 3.05) is 19.7 Å². The fraction of sp³-hybridized carbons (Fsp3) is 0.667. The highest BCUT2D eigenvalue weighted by molar-refractivity contribution is 5.86. The minimum Gasteiger partial charge on any atom is -0.463 e. The third-order valence-electron chi connectivity index (χ3n) is 2.07. The summed E-state index contributed by atoms with van der Waals surface area (Å²) in [4.78, 5) is 24.3. The molecule has 0 aromatic heterocycles. The Hall–Kier alpha value is -1.32. The van der Waals surface area contributed by atoms with Crippen molar-refractivity contribution in [2.24, 2.45) is 5.41 Å². The van der Waals surface area contributed by atoms with E-state index in [1.54, 1.807) is 25.7 Å². The molecule has 0 saturated heterocycles. The number of likely N-dealkylation sites (N-methyl/N-ethyl adjacent to an activating group) is 1. The number of amides is 1. The van der Waals surface area contributed by atoms with Gasteiger partial charge >= 0.3 is 5.97 Å². The molecule has 0 rings (SSSR count). The van der Waals surface area contributed by atoms with Crippen molar-refractivity contribution in [1.29, 1.82) is 0 Å². The van der Waals surface area contributed by atoms with Crippen LogP contribution >= 0.6 is 0 Å². The topological polar surface area (TPSA) is 46.6 Å². The van der Waals surface area contributed by atoms with Gasteiger partial charge in [0.2, 0.25) is 5.91 Å². The normalized spacial score (nSPS) is 10.8. The molecule has 0 aromatic carbocycles. The van der Waals surface area contributed by atoms with Gasteiger partial charge in [0.25, 0.3) is 0 Å². The highest BCUT2D eigenvalue weighted by Gasteiger charge is 2.23. The minimum atomic E-state index is -0.501. The highest BCUT2D eigenvalue weighted by atomic mass is 16.5. The Kier molecular flexibility index (Phi) is 5.78. The van der Waals surface area contributed by atoms with E-state index in [4.69, 9.17) is 4.74 Å². The van der Waals surface area contributed by atoms with Gasteiger partial charge in [0.05, 0.1) is 12.0 Å². The lowest BCUT2D eigenvalue weighted by Gasteiger charge is -2.21. The van der Waals surface area contributed by atoms with E-state index < -0.39 is 5.41 Å². The van der Waals surface area contributed by atoms with Crippen molar-refractivity contribution in [3.8, 4) is 0 Å². The average Bonchev–Trinajstić information content (AvgIpc) is 2.21. The van der Waals surface area contributed by atoms with Crippen LogP contribution in [0.3, 0.4) is 0 Å². The zero-order chi connectivity index (χ0) is 12.8. The first-order chi connectivity index (χ1) is 7.32. The second-order valence-corrected chi connectivity index (χ2v) is 4.51. The number of hydrogen-bond donors (Lipinski definition) is 0. The summed E-state index contributed by atoms with van der Waals surface area (Å²) in [5.41, 5.74) is -0.501. The van der Waals surface area contributed by atoms with E-state index in [1.807, 2.05) is 6.92 Å². The first-order valence-corrected chi connectivity index (χ1v) is 5.41. The van der Waals surface area contributed by atoms with Crippen LogP contribution in [0.15, 0.2) is 12.7 Å². The van der Waals surface area contributed by atoms with E-state index in [1.165, 1.54) is 6.08 Å². The van der Waals surface area contributed by atoms with Crippen molar-refractivity contribution in [2.45, 2.75) is 27.7 Å². The SMILES string of the molecule is C=CC(=O)N(CC)CCOC(=O)C(C)(C)C. The molecule has 0 aliphatic heterocycles. The predicted molar refractivity (Wildman–Crippen MR) is 62.9 cm³/mol. The van der Waals surface area contributed by atoms with E-state index >= 15 is 0 Å². The zero-order valence-corrected chi connectivity index (χ0v) is 10.6. The Morgan fingerprint density at radius 1 is 1.38 bits per heavy atom. The molecule has 92 valence electrons. The minimum absolute atomic E-state index is 0.144. The molecule has 0 N–H and O–H groups in total. The van der Waals surface area contributed by atoms with Gasteiger partial charge in [-0.05, 0) is 33.8 Å². The average molecular weight is 227 g/mol. The van der Waals surface area contributed by atoms with Gasteiger partial charge in [-0.15, -0.1) is 0 Å². The standard InChI is InChI=1S/C12H21NO3/c1-6-10(14)13(7-2)8-9-16-11(15)12(3,4)5/h6H,1,7-9H2,2-5H3. The molecule has 4 nitrogen and oxygen atoms in total. The number of nitrogens with zero attached hydrogens (tertiary/aromatic N) is 1. The van der Waals surface area contributed by atoms with Crippen LogP contribution in [-0.4, -0.2) is 36.5 Å². The van der Waals surface area contributed by atoms with Crippen molar-refractivity contribution in [1.82, 2.24) is 4.90 Å². The third kappa shape index (κ3) is 4.96. The summed E-state index contributed by atoms with van der Waals surface area (Å²) in [7, 11) is 0. The molecule has 0 saturated carbocycles. The van der Waals surface area contributed by atoms with Crippen LogP contribution in [0.4, 0.5) is 0 Å². The van der Waals surface area contributed by atoms with Gasteiger partial charge in [0.1, 0.15) is 6.61 Å². The maximum Gasteiger partial charge on any atom is 0.311 e. The number of rotatable bonds is 5. The van der Waals surface area contributed by atoms with Crippen LogP contribution in [0.5, 0.6) is 0 Å². The van der Waals surface area contributed by atoms with Gasteiger partial charge in [-0.3, -0.25) is 9.59 Å². The quantitative estimate of drug-likeness (QED) is 0.529. The van der Waals surface area contributed by atoms with E-state index in [0.717, 1.165) is 0 Å². The maximum atomic E-state index is 11.4. The first-order valence-electron chi connectivity index (χ1n) is 5.41. The Labute approximate surface area is 97.3 Å². The lowest BCUT2D eigenvalue weighted by Crippen LogP contribution is -2.34. The summed E-state index contributed by atoms with van der Waals surface area (Å²) < 4.78 is 5.07. The van der Waals surface area contributed by atoms with Crippen LogP contribution in [0.25, 0.3) is 0 Å². The summed E-state index contributed by atoms with van der Waals surface area (Å²) in [6.45, 7) is 11.9. The molecule has 0 aliphatic carbocycles. The summed E-state index contributed by atoms with van der Waals surface area (Å²) in [6, 6.07) is 0. The molecule has 0 bridgehead atoms. The molecule has 0 atom stereocenters. The van der Waals surface area contributed by atoms with Gasteiger partial charge in [0.15, 0.2) is 0 Å². The van der Waals surface area contributed by atoms with Gasteiger partial charge in [-0.25, -0.2) is 0 Å². The molecule has 1 amide bonds. The van der Waals surface area contributed by atoms with Crippen LogP contribution in [0, 0.1) is 5.41 Å². The molecular weight excluding hydrogens is 206 g/mol.